The second kappa shape index (κ2) is 9.10. The van der Waals surface area contributed by atoms with Crippen LogP contribution in [0.4, 0.5) is 0 Å². The molecule has 1 fully saturated rings. The Bertz CT molecular complexity index is 548. The summed E-state index contributed by atoms with van der Waals surface area (Å²) in [5, 5.41) is 5.39. The maximum Gasteiger partial charge on any atom is 0.251 e. The summed E-state index contributed by atoms with van der Waals surface area (Å²) in [6, 6.07) is 7.07. The van der Waals surface area contributed by atoms with Crippen molar-refractivity contribution in [3.63, 3.8) is 0 Å². The zero-order valence-corrected chi connectivity index (χ0v) is 13.5. The van der Waals surface area contributed by atoms with Crippen molar-refractivity contribution in [2.24, 2.45) is 5.92 Å². The van der Waals surface area contributed by atoms with Crippen molar-refractivity contribution in [2.45, 2.75) is 19.3 Å². The molecule has 0 radical (unpaired) electrons. The fourth-order valence-corrected chi connectivity index (χ4v) is 2.04. The van der Waals surface area contributed by atoms with Gasteiger partial charge in [0.2, 0.25) is 5.91 Å². The summed E-state index contributed by atoms with van der Waals surface area (Å²) in [6.07, 6.45) is 6.65. The van der Waals surface area contributed by atoms with Crippen LogP contribution in [-0.4, -0.2) is 38.6 Å². The first-order valence-electron chi connectivity index (χ1n) is 8.05. The number of ether oxygens (including phenoxy) is 1. The first-order chi connectivity index (χ1) is 11.2. The van der Waals surface area contributed by atoms with E-state index >= 15 is 0 Å². The normalized spacial score (nSPS) is 14.0. The van der Waals surface area contributed by atoms with Crippen LogP contribution in [0, 0.1) is 5.92 Å². The van der Waals surface area contributed by atoms with Gasteiger partial charge in [0, 0.05) is 38.4 Å². The van der Waals surface area contributed by atoms with Crippen LogP contribution in [0.5, 0.6) is 0 Å². The molecular formula is C18H24N2O3. The van der Waals surface area contributed by atoms with Gasteiger partial charge in [-0.1, -0.05) is 12.1 Å². The Morgan fingerprint density at radius 3 is 2.65 bits per heavy atom. The zero-order valence-electron chi connectivity index (χ0n) is 13.5. The molecule has 1 saturated carbocycles. The van der Waals surface area contributed by atoms with E-state index in [0.717, 1.165) is 24.5 Å². The van der Waals surface area contributed by atoms with Gasteiger partial charge < -0.3 is 15.4 Å². The summed E-state index contributed by atoms with van der Waals surface area (Å²) in [5.41, 5.74) is 1.47. The Kier molecular flexibility index (Phi) is 6.81. The molecule has 2 N–H and O–H groups in total. The molecule has 0 spiro atoms. The number of carbonyl (C=O) groups excluding carboxylic acids is 2. The minimum atomic E-state index is -0.123. The SMILES string of the molecule is CNC(=O)c1ccc(/C=C/C(=O)NCCCOCC2CC2)cc1. The molecule has 0 heterocycles. The standard InChI is InChI=1S/C18H24N2O3/c1-19-18(22)16-8-5-14(6-9-16)7-10-17(21)20-11-2-12-23-13-15-3-4-15/h5-10,15H,2-4,11-13H2,1H3,(H,19,22)(H,20,21)/b10-7+. The summed E-state index contributed by atoms with van der Waals surface area (Å²) in [5.74, 6) is 0.534. The largest absolute Gasteiger partial charge is 0.381 e. The highest BCUT2D eigenvalue weighted by molar-refractivity contribution is 5.94. The molecule has 0 atom stereocenters. The van der Waals surface area contributed by atoms with E-state index in [4.69, 9.17) is 4.74 Å². The number of hydrogen-bond acceptors (Lipinski definition) is 3. The minimum Gasteiger partial charge on any atom is -0.381 e. The number of carbonyl (C=O) groups is 2. The molecule has 1 aliphatic carbocycles. The fourth-order valence-electron chi connectivity index (χ4n) is 2.04. The Morgan fingerprint density at radius 2 is 2.00 bits per heavy atom. The first kappa shape index (κ1) is 17.2. The molecule has 23 heavy (non-hydrogen) atoms. The molecule has 1 aromatic rings. The van der Waals surface area contributed by atoms with Crippen LogP contribution < -0.4 is 10.6 Å². The second-order valence-electron chi connectivity index (χ2n) is 5.70. The minimum absolute atomic E-state index is 0.123. The van der Waals surface area contributed by atoms with Gasteiger partial charge >= 0.3 is 0 Å². The zero-order chi connectivity index (χ0) is 16.5. The summed E-state index contributed by atoms with van der Waals surface area (Å²) in [4.78, 5) is 23.1. The highest BCUT2D eigenvalue weighted by Crippen LogP contribution is 2.28. The number of nitrogens with one attached hydrogen (secondary N) is 2. The molecule has 5 nitrogen and oxygen atoms in total. The van der Waals surface area contributed by atoms with Crippen LogP contribution in [0.25, 0.3) is 6.08 Å². The van der Waals surface area contributed by atoms with E-state index in [2.05, 4.69) is 10.6 Å². The summed E-state index contributed by atoms with van der Waals surface area (Å²) in [7, 11) is 1.59. The smallest absolute Gasteiger partial charge is 0.251 e. The third-order valence-electron chi connectivity index (χ3n) is 3.64. The van der Waals surface area contributed by atoms with Gasteiger partial charge in [-0.2, -0.15) is 0 Å². The second-order valence-corrected chi connectivity index (χ2v) is 5.70. The van der Waals surface area contributed by atoms with E-state index in [1.807, 2.05) is 0 Å². The Hall–Kier alpha value is -2.14. The molecule has 2 amide bonds. The highest BCUT2D eigenvalue weighted by Gasteiger charge is 2.20. The van der Waals surface area contributed by atoms with Crippen molar-refractivity contribution < 1.29 is 14.3 Å². The molecule has 5 heteroatoms. The number of benzene rings is 1. The molecule has 0 bridgehead atoms. The van der Waals surface area contributed by atoms with Gasteiger partial charge in [-0.3, -0.25) is 9.59 Å². The van der Waals surface area contributed by atoms with Gasteiger partial charge in [-0.25, -0.2) is 0 Å². The van der Waals surface area contributed by atoms with Gasteiger partial charge in [0.15, 0.2) is 0 Å². The van der Waals surface area contributed by atoms with E-state index < -0.39 is 0 Å². The third kappa shape index (κ3) is 6.65. The maximum absolute atomic E-state index is 11.7. The lowest BCUT2D eigenvalue weighted by Crippen LogP contribution is -2.23. The third-order valence-corrected chi connectivity index (χ3v) is 3.64. The Balaban J connectivity index is 1.63. The Labute approximate surface area is 137 Å². The molecule has 124 valence electrons. The van der Waals surface area contributed by atoms with Crippen molar-refractivity contribution in [1.82, 2.24) is 10.6 Å². The summed E-state index contributed by atoms with van der Waals surface area (Å²) >= 11 is 0. The maximum atomic E-state index is 11.7. The van der Waals surface area contributed by atoms with E-state index in [-0.39, 0.29) is 11.8 Å². The van der Waals surface area contributed by atoms with Crippen LogP contribution in [0.3, 0.4) is 0 Å². The molecule has 2 rings (SSSR count). The lowest BCUT2D eigenvalue weighted by molar-refractivity contribution is -0.116. The molecule has 0 aromatic heterocycles. The van der Waals surface area contributed by atoms with Gasteiger partial charge in [-0.05, 0) is 49.0 Å². The van der Waals surface area contributed by atoms with Crippen LogP contribution in [0.2, 0.25) is 0 Å². The quantitative estimate of drug-likeness (QED) is 0.541. The molecule has 0 saturated heterocycles. The number of hydrogen-bond donors (Lipinski definition) is 2. The van der Waals surface area contributed by atoms with E-state index in [0.29, 0.717) is 18.7 Å². The highest BCUT2D eigenvalue weighted by atomic mass is 16.5. The topological polar surface area (TPSA) is 67.4 Å². The van der Waals surface area contributed by atoms with Gasteiger partial charge in [0.1, 0.15) is 0 Å². The van der Waals surface area contributed by atoms with Crippen LogP contribution in [-0.2, 0) is 9.53 Å². The van der Waals surface area contributed by atoms with Gasteiger partial charge in [0.05, 0.1) is 0 Å². The van der Waals surface area contributed by atoms with Crippen LogP contribution >= 0.6 is 0 Å². The number of amides is 2. The molecule has 1 aliphatic rings. The Morgan fingerprint density at radius 1 is 1.26 bits per heavy atom. The van der Waals surface area contributed by atoms with Crippen molar-refractivity contribution >= 4 is 17.9 Å². The van der Waals surface area contributed by atoms with Gasteiger partial charge in [-0.15, -0.1) is 0 Å². The summed E-state index contributed by atoms with van der Waals surface area (Å²) in [6.45, 7) is 2.17. The molecule has 0 unspecified atom stereocenters. The predicted molar refractivity (Wildman–Crippen MR) is 90.0 cm³/mol. The average molecular weight is 316 g/mol. The van der Waals surface area contributed by atoms with Crippen LogP contribution in [0.15, 0.2) is 30.3 Å². The van der Waals surface area contributed by atoms with Crippen molar-refractivity contribution in [3.8, 4) is 0 Å². The van der Waals surface area contributed by atoms with E-state index in [1.54, 1.807) is 37.4 Å². The van der Waals surface area contributed by atoms with E-state index in [9.17, 15) is 9.59 Å². The fraction of sp³-hybridized carbons (Fsp3) is 0.444. The lowest BCUT2D eigenvalue weighted by Gasteiger charge is -2.04. The first-order valence-corrected chi connectivity index (χ1v) is 8.05. The molecule has 1 aromatic carbocycles. The average Bonchev–Trinajstić information content (AvgIpc) is 3.40. The van der Waals surface area contributed by atoms with E-state index in [1.165, 1.54) is 18.9 Å². The van der Waals surface area contributed by atoms with Crippen molar-refractivity contribution in [1.29, 1.82) is 0 Å². The summed E-state index contributed by atoms with van der Waals surface area (Å²) < 4.78 is 5.51. The predicted octanol–water partition coefficient (Wildman–Crippen LogP) is 1.99. The number of rotatable bonds is 9. The van der Waals surface area contributed by atoms with Crippen molar-refractivity contribution in [2.75, 3.05) is 26.8 Å². The monoisotopic (exact) mass is 316 g/mol. The molecular weight excluding hydrogens is 292 g/mol. The van der Waals surface area contributed by atoms with Crippen LogP contribution in [0.1, 0.15) is 35.2 Å². The van der Waals surface area contributed by atoms with Crippen molar-refractivity contribution in [3.05, 3.63) is 41.5 Å². The lowest BCUT2D eigenvalue weighted by atomic mass is 10.1. The molecule has 0 aliphatic heterocycles. The van der Waals surface area contributed by atoms with Gasteiger partial charge in [0.25, 0.3) is 5.91 Å².